The first kappa shape index (κ1) is 12.2. The molecule has 0 aliphatic heterocycles. The van der Waals surface area contributed by atoms with Gasteiger partial charge in [-0.1, -0.05) is 13.3 Å². The summed E-state index contributed by atoms with van der Waals surface area (Å²) in [6.45, 7) is 4.53. The lowest BCUT2D eigenvalue weighted by atomic mass is 10.1. The molecule has 0 amide bonds. The predicted octanol–water partition coefficient (Wildman–Crippen LogP) is 2.17. The number of hydrogen-bond donors (Lipinski definition) is 0. The van der Waals surface area contributed by atoms with Crippen LogP contribution in [0, 0.1) is 12.3 Å². The molecule has 0 saturated carbocycles. The van der Waals surface area contributed by atoms with Crippen molar-refractivity contribution in [1.82, 2.24) is 0 Å². The van der Waals surface area contributed by atoms with Gasteiger partial charge >= 0.3 is 0 Å². The number of Topliss-reactive ketones (excluding diaryl/α,β-unsaturated/α-hetero) is 1. The molecule has 2 heteroatoms. The van der Waals surface area contributed by atoms with Crippen LogP contribution in [0.1, 0.15) is 39.5 Å². The molecule has 0 heterocycles. The molecule has 1 atom stereocenters. The highest BCUT2D eigenvalue weighted by molar-refractivity contribution is 5.83. The van der Waals surface area contributed by atoms with Gasteiger partial charge in [-0.2, -0.15) is 0 Å². The average molecular weight is 182 g/mol. The van der Waals surface area contributed by atoms with Gasteiger partial charge in [0, 0.05) is 19.4 Å². The van der Waals surface area contributed by atoms with Crippen LogP contribution in [0.2, 0.25) is 0 Å². The summed E-state index contributed by atoms with van der Waals surface area (Å²) in [6.07, 6.45) is 7.58. The second kappa shape index (κ2) is 7.82. The lowest BCUT2D eigenvalue weighted by Gasteiger charge is -2.13. The highest BCUT2D eigenvalue weighted by Gasteiger charge is 2.16. The van der Waals surface area contributed by atoms with Crippen LogP contribution >= 0.6 is 0 Å². The minimum atomic E-state index is -0.233. The van der Waals surface area contributed by atoms with E-state index in [1.165, 1.54) is 0 Å². The first-order chi connectivity index (χ1) is 6.26. The fraction of sp³-hybridized carbons (Fsp3) is 0.727. The Morgan fingerprint density at radius 2 is 2.23 bits per heavy atom. The van der Waals surface area contributed by atoms with Gasteiger partial charge in [0.2, 0.25) is 0 Å². The summed E-state index contributed by atoms with van der Waals surface area (Å²) in [4.78, 5) is 11.5. The third-order valence-electron chi connectivity index (χ3n) is 1.79. The lowest BCUT2D eigenvalue weighted by molar-refractivity contribution is -0.130. The summed E-state index contributed by atoms with van der Waals surface area (Å²) in [7, 11) is 0. The smallest absolute Gasteiger partial charge is 0.162 e. The number of carbonyl (C=O) groups is 1. The van der Waals surface area contributed by atoms with E-state index in [4.69, 9.17) is 11.2 Å². The Morgan fingerprint density at radius 3 is 2.69 bits per heavy atom. The van der Waals surface area contributed by atoms with Gasteiger partial charge < -0.3 is 4.74 Å². The van der Waals surface area contributed by atoms with Crippen LogP contribution in [0.15, 0.2) is 0 Å². The molecule has 74 valence electrons. The molecule has 13 heavy (non-hydrogen) atoms. The van der Waals surface area contributed by atoms with Crippen LogP contribution in [0.5, 0.6) is 0 Å². The van der Waals surface area contributed by atoms with Crippen molar-refractivity contribution in [2.24, 2.45) is 0 Å². The standard InChI is InChI=1S/C11H18O2/c1-4-7-9-10(12)11(8-5-2)13-6-3/h1,11H,5-9H2,2-3H3. The van der Waals surface area contributed by atoms with E-state index >= 15 is 0 Å². The van der Waals surface area contributed by atoms with Crippen molar-refractivity contribution in [3.63, 3.8) is 0 Å². The van der Waals surface area contributed by atoms with Crippen molar-refractivity contribution in [1.29, 1.82) is 0 Å². The highest BCUT2D eigenvalue weighted by Crippen LogP contribution is 2.07. The molecule has 0 saturated heterocycles. The molecule has 0 fully saturated rings. The molecule has 0 aromatic heterocycles. The largest absolute Gasteiger partial charge is 0.371 e. The molecule has 0 rings (SSSR count). The molecule has 0 aromatic carbocycles. The molecular formula is C11H18O2. The van der Waals surface area contributed by atoms with E-state index in [1.807, 2.05) is 13.8 Å². The van der Waals surface area contributed by atoms with Crippen LogP contribution in [0.4, 0.5) is 0 Å². The van der Waals surface area contributed by atoms with E-state index in [0.29, 0.717) is 19.4 Å². The summed E-state index contributed by atoms with van der Waals surface area (Å²) < 4.78 is 5.32. The SMILES string of the molecule is C#CCCC(=O)C(CCC)OCC. The molecular weight excluding hydrogens is 164 g/mol. The van der Waals surface area contributed by atoms with Crippen LogP contribution in [-0.2, 0) is 9.53 Å². The Labute approximate surface area is 80.7 Å². The van der Waals surface area contributed by atoms with Crippen molar-refractivity contribution in [2.45, 2.75) is 45.6 Å². The van der Waals surface area contributed by atoms with E-state index in [9.17, 15) is 4.79 Å². The Balaban J connectivity index is 3.88. The molecule has 2 nitrogen and oxygen atoms in total. The monoisotopic (exact) mass is 182 g/mol. The van der Waals surface area contributed by atoms with Gasteiger partial charge in [0.05, 0.1) is 0 Å². The summed E-state index contributed by atoms with van der Waals surface area (Å²) in [5.74, 6) is 2.60. The first-order valence-electron chi connectivity index (χ1n) is 4.84. The van der Waals surface area contributed by atoms with Crippen molar-refractivity contribution in [3.05, 3.63) is 0 Å². The maximum absolute atomic E-state index is 11.5. The molecule has 0 aromatic rings. The predicted molar refractivity (Wildman–Crippen MR) is 53.4 cm³/mol. The van der Waals surface area contributed by atoms with E-state index in [-0.39, 0.29) is 11.9 Å². The Morgan fingerprint density at radius 1 is 1.54 bits per heavy atom. The van der Waals surface area contributed by atoms with Gasteiger partial charge in [-0.05, 0) is 13.3 Å². The average Bonchev–Trinajstić information content (AvgIpc) is 2.14. The number of ketones is 1. The minimum Gasteiger partial charge on any atom is -0.371 e. The van der Waals surface area contributed by atoms with Crippen LogP contribution in [0.25, 0.3) is 0 Å². The van der Waals surface area contributed by atoms with Gasteiger partial charge in [0.15, 0.2) is 5.78 Å². The molecule has 0 aliphatic carbocycles. The van der Waals surface area contributed by atoms with Crippen molar-refractivity contribution in [3.8, 4) is 12.3 Å². The van der Waals surface area contributed by atoms with E-state index in [1.54, 1.807) is 0 Å². The summed E-state index contributed by atoms with van der Waals surface area (Å²) in [6, 6.07) is 0. The molecule has 0 spiro atoms. The number of rotatable bonds is 7. The van der Waals surface area contributed by atoms with Gasteiger partial charge in [-0.15, -0.1) is 12.3 Å². The Kier molecular flexibility index (Phi) is 7.33. The van der Waals surface area contributed by atoms with Gasteiger partial charge in [-0.3, -0.25) is 4.79 Å². The Bertz CT molecular complexity index is 173. The fourth-order valence-electron chi connectivity index (χ4n) is 1.16. The molecule has 0 N–H and O–H groups in total. The third kappa shape index (κ3) is 5.43. The topological polar surface area (TPSA) is 26.3 Å². The van der Waals surface area contributed by atoms with E-state index < -0.39 is 0 Å². The number of terminal acetylenes is 1. The van der Waals surface area contributed by atoms with Gasteiger partial charge in [-0.25, -0.2) is 0 Å². The summed E-state index contributed by atoms with van der Waals surface area (Å²) in [5.41, 5.74) is 0. The first-order valence-corrected chi connectivity index (χ1v) is 4.84. The number of ether oxygens (including phenoxy) is 1. The van der Waals surface area contributed by atoms with Gasteiger partial charge in [0.1, 0.15) is 6.10 Å². The van der Waals surface area contributed by atoms with Crippen LogP contribution < -0.4 is 0 Å². The summed E-state index contributed by atoms with van der Waals surface area (Å²) >= 11 is 0. The second-order valence-corrected chi connectivity index (χ2v) is 2.90. The Hall–Kier alpha value is -0.810. The maximum Gasteiger partial charge on any atom is 0.162 e. The van der Waals surface area contributed by atoms with Crippen LogP contribution in [-0.4, -0.2) is 18.5 Å². The molecule has 1 unspecified atom stereocenters. The fourth-order valence-corrected chi connectivity index (χ4v) is 1.16. The van der Waals surface area contributed by atoms with Crippen molar-refractivity contribution >= 4 is 5.78 Å². The second-order valence-electron chi connectivity index (χ2n) is 2.90. The lowest BCUT2D eigenvalue weighted by Crippen LogP contribution is -2.23. The molecule has 0 aliphatic rings. The van der Waals surface area contributed by atoms with E-state index in [0.717, 1.165) is 12.8 Å². The quantitative estimate of drug-likeness (QED) is 0.564. The maximum atomic E-state index is 11.5. The minimum absolute atomic E-state index is 0.140. The molecule has 0 radical (unpaired) electrons. The highest BCUT2D eigenvalue weighted by atomic mass is 16.5. The number of hydrogen-bond acceptors (Lipinski definition) is 2. The number of carbonyl (C=O) groups excluding carboxylic acids is 1. The molecule has 0 bridgehead atoms. The zero-order valence-electron chi connectivity index (χ0n) is 8.51. The van der Waals surface area contributed by atoms with Crippen LogP contribution in [0.3, 0.4) is 0 Å². The van der Waals surface area contributed by atoms with Crippen molar-refractivity contribution in [2.75, 3.05) is 6.61 Å². The van der Waals surface area contributed by atoms with Crippen molar-refractivity contribution < 1.29 is 9.53 Å². The zero-order valence-corrected chi connectivity index (χ0v) is 8.51. The normalized spacial score (nSPS) is 12.1. The third-order valence-corrected chi connectivity index (χ3v) is 1.79. The van der Waals surface area contributed by atoms with Gasteiger partial charge in [0.25, 0.3) is 0 Å². The van der Waals surface area contributed by atoms with E-state index in [2.05, 4.69) is 5.92 Å². The zero-order chi connectivity index (χ0) is 10.1. The summed E-state index contributed by atoms with van der Waals surface area (Å²) in [5, 5.41) is 0.